The van der Waals surface area contributed by atoms with Gasteiger partial charge in [-0.15, -0.1) is 0 Å². The Balaban J connectivity index is 1.99. The first kappa shape index (κ1) is 22.7. The van der Waals surface area contributed by atoms with E-state index >= 15 is 0 Å². The number of nitrogens with one attached hydrogen (secondary N) is 1. The van der Waals surface area contributed by atoms with Crippen LogP contribution in [0.2, 0.25) is 0 Å². The maximum absolute atomic E-state index is 13.3. The highest BCUT2D eigenvalue weighted by Crippen LogP contribution is 2.28. The molecule has 0 bridgehead atoms. The fourth-order valence-electron chi connectivity index (χ4n) is 4.23. The molecular formula is C22H39N3O3. The van der Waals surface area contributed by atoms with Crippen LogP contribution in [0.25, 0.3) is 0 Å². The third-order valence-corrected chi connectivity index (χ3v) is 6.06. The third kappa shape index (κ3) is 5.71. The van der Waals surface area contributed by atoms with Gasteiger partial charge in [0, 0.05) is 37.6 Å². The van der Waals surface area contributed by atoms with Crippen molar-refractivity contribution in [2.75, 3.05) is 26.2 Å². The molecule has 2 saturated heterocycles. The Morgan fingerprint density at radius 2 is 1.75 bits per heavy atom. The van der Waals surface area contributed by atoms with Crippen molar-refractivity contribution >= 4 is 17.7 Å². The van der Waals surface area contributed by atoms with Crippen molar-refractivity contribution in [3.8, 4) is 0 Å². The monoisotopic (exact) mass is 393 g/mol. The second-order valence-electron chi connectivity index (χ2n) is 9.60. The number of rotatable bonds is 5. The molecule has 6 heteroatoms. The highest BCUT2D eigenvalue weighted by molar-refractivity contribution is 5.85. The van der Waals surface area contributed by atoms with Gasteiger partial charge in [0.1, 0.15) is 0 Å². The molecule has 0 aliphatic carbocycles. The fraction of sp³-hybridized carbons (Fsp3) is 0.864. The summed E-state index contributed by atoms with van der Waals surface area (Å²) in [5, 5.41) is 3.02. The van der Waals surface area contributed by atoms with Gasteiger partial charge in [0.25, 0.3) is 0 Å². The Hall–Kier alpha value is -1.59. The Labute approximate surface area is 170 Å². The van der Waals surface area contributed by atoms with Crippen molar-refractivity contribution in [2.24, 2.45) is 17.3 Å². The van der Waals surface area contributed by atoms with E-state index in [0.717, 1.165) is 45.1 Å². The zero-order chi connectivity index (χ0) is 20.9. The first-order chi connectivity index (χ1) is 13.1. The van der Waals surface area contributed by atoms with E-state index < -0.39 is 5.41 Å². The van der Waals surface area contributed by atoms with Crippen LogP contribution in [0.5, 0.6) is 0 Å². The summed E-state index contributed by atoms with van der Waals surface area (Å²) in [5.41, 5.74) is -0.426. The van der Waals surface area contributed by atoms with Crippen LogP contribution in [0.1, 0.15) is 73.1 Å². The van der Waals surface area contributed by atoms with E-state index in [4.69, 9.17) is 0 Å². The van der Waals surface area contributed by atoms with Crippen LogP contribution in [0, 0.1) is 17.3 Å². The predicted molar refractivity (Wildman–Crippen MR) is 111 cm³/mol. The van der Waals surface area contributed by atoms with Gasteiger partial charge in [0.05, 0.1) is 11.8 Å². The highest BCUT2D eigenvalue weighted by Gasteiger charge is 2.38. The maximum Gasteiger partial charge on any atom is 0.227 e. The Morgan fingerprint density at radius 1 is 1.04 bits per heavy atom. The van der Waals surface area contributed by atoms with Gasteiger partial charge in [-0.1, -0.05) is 34.1 Å². The minimum Gasteiger partial charge on any atom is -0.356 e. The van der Waals surface area contributed by atoms with E-state index in [-0.39, 0.29) is 35.6 Å². The minimum absolute atomic E-state index is 0.0753. The first-order valence-corrected chi connectivity index (χ1v) is 11.0. The molecule has 160 valence electrons. The molecule has 0 aromatic carbocycles. The van der Waals surface area contributed by atoms with Gasteiger partial charge in [-0.25, -0.2) is 0 Å². The van der Waals surface area contributed by atoms with Crippen molar-refractivity contribution in [1.29, 1.82) is 0 Å². The van der Waals surface area contributed by atoms with Crippen LogP contribution in [0.15, 0.2) is 0 Å². The van der Waals surface area contributed by atoms with E-state index in [1.165, 1.54) is 0 Å². The lowest BCUT2D eigenvalue weighted by molar-refractivity contribution is -0.148. The second-order valence-corrected chi connectivity index (χ2v) is 9.60. The SMILES string of the molecule is CCCCNC(=O)C1CCC(C)N(C(=O)C2CCCN(C(=O)C(C)(C)C)C2)C1. The maximum atomic E-state index is 13.3. The van der Waals surface area contributed by atoms with Crippen LogP contribution >= 0.6 is 0 Å². The zero-order valence-corrected chi connectivity index (χ0v) is 18.4. The van der Waals surface area contributed by atoms with E-state index in [1.807, 2.05) is 30.6 Å². The molecule has 3 amide bonds. The smallest absolute Gasteiger partial charge is 0.227 e. The lowest BCUT2D eigenvalue weighted by Crippen LogP contribution is -2.54. The van der Waals surface area contributed by atoms with Crippen LogP contribution in [0.4, 0.5) is 0 Å². The lowest BCUT2D eigenvalue weighted by atomic mass is 9.88. The van der Waals surface area contributed by atoms with Gasteiger partial charge >= 0.3 is 0 Å². The Morgan fingerprint density at radius 3 is 2.39 bits per heavy atom. The normalized spacial score (nSPS) is 26.1. The Kier molecular flexibility index (Phi) is 7.90. The molecule has 0 spiro atoms. The largest absolute Gasteiger partial charge is 0.356 e. The second kappa shape index (κ2) is 9.75. The zero-order valence-electron chi connectivity index (χ0n) is 18.4. The fourth-order valence-corrected chi connectivity index (χ4v) is 4.23. The topological polar surface area (TPSA) is 69.7 Å². The number of nitrogens with zero attached hydrogens (tertiary/aromatic N) is 2. The molecular weight excluding hydrogens is 354 g/mol. The molecule has 2 heterocycles. The third-order valence-electron chi connectivity index (χ3n) is 6.06. The summed E-state index contributed by atoms with van der Waals surface area (Å²) in [4.78, 5) is 42.1. The minimum atomic E-state index is -0.426. The highest BCUT2D eigenvalue weighted by atomic mass is 16.2. The van der Waals surface area contributed by atoms with Crippen LogP contribution in [-0.2, 0) is 14.4 Å². The first-order valence-electron chi connectivity index (χ1n) is 11.0. The predicted octanol–water partition coefficient (Wildman–Crippen LogP) is 2.81. The van der Waals surface area contributed by atoms with E-state index in [1.54, 1.807) is 0 Å². The average molecular weight is 394 g/mol. The van der Waals surface area contributed by atoms with Gasteiger partial charge in [-0.2, -0.15) is 0 Å². The van der Waals surface area contributed by atoms with Crippen molar-refractivity contribution in [1.82, 2.24) is 15.1 Å². The summed E-state index contributed by atoms with van der Waals surface area (Å²) in [6.07, 6.45) is 5.41. The van der Waals surface area contributed by atoms with Crippen molar-refractivity contribution in [2.45, 2.75) is 79.2 Å². The van der Waals surface area contributed by atoms with Crippen LogP contribution in [-0.4, -0.2) is 59.7 Å². The molecule has 28 heavy (non-hydrogen) atoms. The van der Waals surface area contributed by atoms with E-state index in [2.05, 4.69) is 19.2 Å². The van der Waals surface area contributed by atoms with Gasteiger partial charge < -0.3 is 15.1 Å². The summed E-state index contributed by atoms with van der Waals surface area (Å²) >= 11 is 0. The van der Waals surface area contributed by atoms with Crippen molar-refractivity contribution in [3.63, 3.8) is 0 Å². The van der Waals surface area contributed by atoms with Gasteiger partial charge in [-0.05, 0) is 39.0 Å². The molecule has 3 unspecified atom stereocenters. The molecule has 2 aliphatic rings. The number of piperidine rings is 2. The molecule has 0 aromatic heterocycles. The summed E-state index contributed by atoms with van der Waals surface area (Å²) < 4.78 is 0. The average Bonchev–Trinajstić information content (AvgIpc) is 2.66. The molecule has 2 rings (SSSR count). The lowest BCUT2D eigenvalue weighted by Gasteiger charge is -2.42. The molecule has 0 aromatic rings. The molecule has 2 fully saturated rings. The summed E-state index contributed by atoms with van der Waals surface area (Å²) in [7, 11) is 0. The number of unbranched alkanes of at least 4 members (excludes halogenated alkanes) is 1. The summed E-state index contributed by atoms with van der Waals surface area (Å²) in [6, 6.07) is 0.154. The van der Waals surface area contributed by atoms with E-state index in [9.17, 15) is 14.4 Å². The number of likely N-dealkylation sites (tertiary alicyclic amines) is 2. The number of carbonyl (C=O) groups excluding carboxylic acids is 3. The molecule has 1 N–H and O–H groups in total. The van der Waals surface area contributed by atoms with Crippen molar-refractivity contribution in [3.05, 3.63) is 0 Å². The number of amides is 3. The standard InChI is InChI=1S/C22H39N3O3/c1-6-7-12-23-19(26)17-11-10-16(2)25(15-17)20(27)18-9-8-13-24(14-18)21(28)22(3,4)5/h16-18H,6-15H2,1-5H3,(H,23,26). The number of carbonyl (C=O) groups is 3. The van der Waals surface area contributed by atoms with E-state index in [0.29, 0.717) is 19.6 Å². The van der Waals surface area contributed by atoms with Gasteiger partial charge in [0.2, 0.25) is 17.7 Å². The van der Waals surface area contributed by atoms with Crippen LogP contribution < -0.4 is 5.32 Å². The molecule has 0 saturated carbocycles. The number of hydrogen-bond donors (Lipinski definition) is 1. The Bertz CT molecular complexity index is 570. The summed E-state index contributed by atoms with van der Waals surface area (Å²) in [5.74, 6) is 0.0403. The van der Waals surface area contributed by atoms with Gasteiger partial charge in [-0.3, -0.25) is 14.4 Å². The molecule has 3 atom stereocenters. The molecule has 0 radical (unpaired) electrons. The van der Waals surface area contributed by atoms with Gasteiger partial charge in [0.15, 0.2) is 0 Å². The van der Waals surface area contributed by atoms with Crippen LogP contribution in [0.3, 0.4) is 0 Å². The molecule has 6 nitrogen and oxygen atoms in total. The molecule has 2 aliphatic heterocycles. The number of hydrogen-bond acceptors (Lipinski definition) is 3. The summed E-state index contributed by atoms with van der Waals surface area (Å²) in [6.45, 7) is 12.4. The quantitative estimate of drug-likeness (QED) is 0.730. The van der Waals surface area contributed by atoms with Crippen molar-refractivity contribution < 1.29 is 14.4 Å².